The number of carbonyl (C=O) groups is 1. The van der Waals surface area contributed by atoms with Crippen molar-refractivity contribution in [3.05, 3.63) is 76.6 Å². The summed E-state index contributed by atoms with van der Waals surface area (Å²) >= 11 is 4.35. The van der Waals surface area contributed by atoms with Crippen LogP contribution in [0.1, 0.15) is 11.7 Å². The van der Waals surface area contributed by atoms with E-state index in [1.165, 1.54) is 6.07 Å². The molecule has 0 aliphatic carbocycles. The van der Waals surface area contributed by atoms with Gasteiger partial charge in [0.05, 0.1) is 5.03 Å². The number of hydrogen-bond acceptors (Lipinski definition) is 4. The number of benzene rings is 2. The maximum Gasteiger partial charge on any atom is 0.266 e. The molecule has 114 valence electrons. The van der Waals surface area contributed by atoms with E-state index in [1.54, 1.807) is 35.2 Å². The minimum Gasteiger partial charge on any atom is -0.327 e. The number of nitrogens with zero attached hydrogens (tertiary/aromatic N) is 2. The Labute approximate surface area is 138 Å². The largest absolute Gasteiger partial charge is 0.327 e. The molecule has 0 unspecified atom stereocenters. The van der Waals surface area contributed by atoms with Gasteiger partial charge in [-0.3, -0.25) is 4.79 Å². The van der Waals surface area contributed by atoms with Crippen molar-refractivity contribution in [1.29, 1.82) is 5.26 Å². The highest BCUT2D eigenvalue weighted by atomic mass is 32.1. The van der Waals surface area contributed by atoms with Gasteiger partial charge >= 0.3 is 0 Å². The van der Waals surface area contributed by atoms with E-state index in [-0.39, 0.29) is 10.6 Å². The Kier molecular flexibility index (Phi) is 4.04. The first-order chi connectivity index (χ1) is 11.1. The molecular formula is C17H12FN3OS. The van der Waals surface area contributed by atoms with E-state index in [4.69, 9.17) is 0 Å². The van der Waals surface area contributed by atoms with Gasteiger partial charge in [-0.15, -0.1) is 12.6 Å². The summed E-state index contributed by atoms with van der Waals surface area (Å²) in [7, 11) is 0. The second-order valence-corrected chi connectivity index (χ2v) is 5.34. The van der Waals surface area contributed by atoms with Crippen molar-refractivity contribution in [2.45, 2.75) is 6.17 Å². The fourth-order valence-corrected chi connectivity index (χ4v) is 2.86. The van der Waals surface area contributed by atoms with Crippen LogP contribution in [0.25, 0.3) is 0 Å². The summed E-state index contributed by atoms with van der Waals surface area (Å²) in [6.07, 6.45) is -0.782. The lowest BCUT2D eigenvalue weighted by Crippen LogP contribution is -2.46. The van der Waals surface area contributed by atoms with Gasteiger partial charge in [-0.05, 0) is 18.2 Å². The number of nitrogens with one attached hydrogen (secondary N) is 1. The van der Waals surface area contributed by atoms with Crippen LogP contribution >= 0.6 is 12.6 Å². The summed E-state index contributed by atoms with van der Waals surface area (Å²) < 4.78 is 14.2. The third kappa shape index (κ3) is 2.67. The number of anilines is 1. The molecule has 2 aromatic rings. The minimum absolute atomic E-state index is 0.107. The monoisotopic (exact) mass is 325 g/mol. The molecule has 0 saturated carbocycles. The first kappa shape index (κ1) is 15.1. The minimum atomic E-state index is -0.782. The summed E-state index contributed by atoms with van der Waals surface area (Å²) in [6.45, 7) is 0. The molecule has 0 fully saturated rings. The van der Waals surface area contributed by atoms with E-state index in [1.807, 2.05) is 24.3 Å². The molecular weight excluding hydrogens is 313 g/mol. The van der Waals surface area contributed by atoms with Crippen molar-refractivity contribution in [3.8, 4) is 6.07 Å². The summed E-state index contributed by atoms with van der Waals surface area (Å²) in [5.74, 6) is -1.02. The van der Waals surface area contributed by atoms with Crippen LogP contribution in [-0.4, -0.2) is 5.91 Å². The van der Waals surface area contributed by atoms with Crippen molar-refractivity contribution in [2.24, 2.45) is 0 Å². The van der Waals surface area contributed by atoms with Gasteiger partial charge in [0.15, 0.2) is 0 Å². The predicted molar refractivity (Wildman–Crippen MR) is 87.8 cm³/mol. The first-order valence-corrected chi connectivity index (χ1v) is 7.31. The SMILES string of the molecule is N#CC1=C(S)N(c2ccccc2)[C@H](c2ccccc2F)NC1=O. The molecule has 1 heterocycles. The zero-order valence-corrected chi connectivity index (χ0v) is 12.8. The molecule has 1 aliphatic rings. The Balaban J connectivity index is 2.19. The van der Waals surface area contributed by atoms with Crippen molar-refractivity contribution in [3.63, 3.8) is 0 Å². The summed E-state index contributed by atoms with van der Waals surface area (Å²) in [6, 6.07) is 17.1. The van der Waals surface area contributed by atoms with E-state index < -0.39 is 17.9 Å². The number of halogens is 1. The molecule has 4 nitrogen and oxygen atoms in total. The summed E-state index contributed by atoms with van der Waals surface area (Å²) in [5.41, 5.74) is 0.886. The predicted octanol–water partition coefficient (Wildman–Crippen LogP) is 3.13. The molecule has 1 atom stereocenters. The molecule has 0 saturated heterocycles. The van der Waals surface area contributed by atoms with Gasteiger partial charge in [-0.1, -0.05) is 36.4 Å². The van der Waals surface area contributed by atoms with E-state index >= 15 is 0 Å². The van der Waals surface area contributed by atoms with E-state index in [9.17, 15) is 14.4 Å². The van der Waals surface area contributed by atoms with E-state index in [0.717, 1.165) is 0 Å². The lowest BCUT2D eigenvalue weighted by molar-refractivity contribution is -0.118. The molecule has 1 aliphatic heterocycles. The molecule has 0 bridgehead atoms. The second-order valence-electron chi connectivity index (χ2n) is 4.91. The topological polar surface area (TPSA) is 56.1 Å². The number of thiol groups is 1. The lowest BCUT2D eigenvalue weighted by atomic mass is 10.1. The Hall–Kier alpha value is -2.78. The standard InChI is InChI=1S/C17H12FN3OS/c18-14-9-5-4-8-12(14)15-20-16(22)13(10-19)17(23)21(15)11-6-2-1-3-7-11/h1-9,15,23H,(H,20,22)/t15-/m1/s1. The molecule has 2 aromatic carbocycles. The summed E-state index contributed by atoms with van der Waals surface area (Å²) in [4.78, 5) is 13.7. The fourth-order valence-electron chi connectivity index (χ4n) is 2.48. The maximum absolute atomic E-state index is 14.2. The van der Waals surface area contributed by atoms with Gasteiger partial charge in [0, 0.05) is 11.3 Å². The second kappa shape index (κ2) is 6.15. The average molecular weight is 325 g/mol. The van der Waals surface area contributed by atoms with Crippen molar-refractivity contribution in [2.75, 3.05) is 4.90 Å². The van der Waals surface area contributed by atoms with Crippen LogP contribution in [0.4, 0.5) is 10.1 Å². The van der Waals surface area contributed by atoms with Crippen LogP contribution in [0.15, 0.2) is 65.2 Å². The van der Waals surface area contributed by atoms with Gasteiger partial charge in [0.2, 0.25) is 0 Å². The number of amides is 1. The van der Waals surface area contributed by atoms with Crippen molar-refractivity contribution < 1.29 is 9.18 Å². The zero-order valence-electron chi connectivity index (χ0n) is 11.9. The lowest BCUT2D eigenvalue weighted by Gasteiger charge is -2.38. The van der Waals surface area contributed by atoms with Gasteiger partial charge in [0.1, 0.15) is 23.6 Å². The van der Waals surface area contributed by atoms with E-state index in [0.29, 0.717) is 11.3 Å². The third-order valence-electron chi connectivity index (χ3n) is 3.55. The molecule has 1 N–H and O–H groups in total. The fraction of sp³-hybridized carbons (Fsp3) is 0.0588. The number of hydrogen-bond donors (Lipinski definition) is 2. The Bertz CT molecular complexity index is 829. The van der Waals surface area contributed by atoms with E-state index in [2.05, 4.69) is 17.9 Å². The van der Waals surface area contributed by atoms with Gasteiger partial charge in [-0.25, -0.2) is 4.39 Å². The third-order valence-corrected chi connectivity index (χ3v) is 3.99. The number of rotatable bonds is 2. The van der Waals surface area contributed by atoms with Crippen molar-refractivity contribution in [1.82, 2.24) is 5.32 Å². The summed E-state index contributed by atoms with van der Waals surface area (Å²) in [5, 5.41) is 12.1. The van der Waals surface area contributed by atoms with Crippen LogP contribution in [0.5, 0.6) is 0 Å². The van der Waals surface area contributed by atoms with Gasteiger partial charge in [0.25, 0.3) is 5.91 Å². The van der Waals surface area contributed by atoms with Crippen molar-refractivity contribution >= 4 is 24.2 Å². The maximum atomic E-state index is 14.2. The molecule has 0 aromatic heterocycles. The number of para-hydroxylation sites is 1. The normalized spacial score (nSPS) is 17.7. The Morgan fingerprint density at radius 1 is 1.13 bits per heavy atom. The molecule has 1 amide bonds. The molecule has 0 spiro atoms. The molecule has 3 rings (SSSR count). The quantitative estimate of drug-likeness (QED) is 0.834. The Morgan fingerprint density at radius 2 is 1.78 bits per heavy atom. The smallest absolute Gasteiger partial charge is 0.266 e. The van der Waals surface area contributed by atoms with Crippen LogP contribution in [0, 0.1) is 17.1 Å². The highest BCUT2D eigenvalue weighted by molar-refractivity contribution is 7.84. The molecule has 0 radical (unpaired) electrons. The van der Waals surface area contributed by atoms with Crippen LogP contribution in [0.2, 0.25) is 0 Å². The number of nitriles is 1. The first-order valence-electron chi connectivity index (χ1n) is 6.86. The zero-order chi connectivity index (χ0) is 16.4. The molecule has 6 heteroatoms. The Morgan fingerprint density at radius 3 is 2.43 bits per heavy atom. The number of carbonyl (C=O) groups excluding carboxylic acids is 1. The van der Waals surface area contributed by atoms with Gasteiger partial charge in [-0.2, -0.15) is 5.26 Å². The van der Waals surface area contributed by atoms with Crippen LogP contribution in [-0.2, 0) is 4.79 Å². The highest BCUT2D eigenvalue weighted by Gasteiger charge is 2.35. The van der Waals surface area contributed by atoms with Crippen LogP contribution < -0.4 is 10.2 Å². The van der Waals surface area contributed by atoms with Gasteiger partial charge < -0.3 is 10.2 Å². The van der Waals surface area contributed by atoms with Crippen LogP contribution in [0.3, 0.4) is 0 Å². The average Bonchev–Trinajstić information content (AvgIpc) is 2.56. The highest BCUT2D eigenvalue weighted by Crippen LogP contribution is 2.36. The molecule has 23 heavy (non-hydrogen) atoms.